The number of fused-ring (bicyclic) bond motifs is 2. The Balaban J connectivity index is 1.42. The largest absolute Gasteiger partial charge is 0.245 e. The minimum atomic E-state index is 0.326. The van der Waals surface area contributed by atoms with Gasteiger partial charge in [-0.2, -0.15) is 0 Å². The molecule has 4 rings (SSSR count). The van der Waals surface area contributed by atoms with Gasteiger partial charge in [0.25, 0.3) is 0 Å². The van der Waals surface area contributed by atoms with Crippen molar-refractivity contribution in [3.05, 3.63) is 47.5 Å². The average molecular weight is 377 g/mol. The van der Waals surface area contributed by atoms with E-state index in [0.717, 1.165) is 60.7 Å². The molecule has 6 heteroatoms. The third kappa shape index (κ3) is 3.77. The van der Waals surface area contributed by atoms with Crippen LogP contribution in [0.2, 0.25) is 0 Å². The lowest BCUT2D eigenvalue weighted by Crippen LogP contribution is -2.07. The predicted molar refractivity (Wildman–Crippen MR) is 112 cm³/mol. The molecule has 0 amide bonds. The number of aryl methyl sites for hydroxylation is 3. The minimum Gasteiger partial charge on any atom is -0.245 e. The van der Waals surface area contributed by atoms with E-state index >= 15 is 0 Å². The SMILES string of the molecule is CCCCn1nnc2ccc(CCCC(C)n3nnc4ccc(C)cc43)cc21. The van der Waals surface area contributed by atoms with Crippen LogP contribution in [-0.2, 0) is 13.0 Å². The molecule has 0 aliphatic carbocycles. The first-order valence-electron chi connectivity index (χ1n) is 10.3. The number of hydrogen-bond acceptors (Lipinski definition) is 4. The van der Waals surface area contributed by atoms with E-state index in [9.17, 15) is 0 Å². The van der Waals surface area contributed by atoms with Crippen LogP contribution in [0.25, 0.3) is 22.1 Å². The van der Waals surface area contributed by atoms with Crippen molar-refractivity contribution in [1.29, 1.82) is 0 Å². The van der Waals surface area contributed by atoms with Crippen molar-refractivity contribution in [2.24, 2.45) is 0 Å². The number of unbranched alkanes of at least 4 members (excludes halogenated alkanes) is 1. The molecule has 0 saturated carbocycles. The van der Waals surface area contributed by atoms with E-state index < -0.39 is 0 Å². The van der Waals surface area contributed by atoms with Crippen LogP contribution in [0, 0.1) is 6.92 Å². The van der Waals surface area contributed by atoms with E-state index in [1.165, 1.54) is 11.1 Å². The Morgan fingerprint density at radius 1 is 0.929 bits per heavy atom. The molecular formula is C22H28N6. The summed E-state index contributed by atoms with van der Waals surface area (Å²) in [6.07, 6.45) is 5.51. The van der Waals surface area contributed by atoms with Crippen molar-refractivity contribution in [1.82, 2.24) is 30.0 Å². The van der Waals surface area contributed by atoms with Crippen molar-refractivity contribution < 1.29 is 0 Å². The molecule has 0 fully saturated rings. The molecular weight excluding hydrogens is 348 g/mol. The molecule has 0 spiro atoms. The van der Waals surface area contributed by atoms with Gasteiger partial charge in [-0.15, -0.1) is 10.2 Å². The van der Waals surface area contributed by atoms with Crippen LogP contribution in [0.1, 0.15) is 56.7 Å². The van der Waals surface area contributed by atoms with E-state index in [4.69, 9.17) is 0 Å². The summed E-state index contributed by atoms with van der Waals surface area (Å²) < 4.78 is 4.10. The molecule has 0 N–H and O–H groups in total. The molecule has 6 nitrogen and oxygen atoms in total. The number of nitrogens with zero attached hydrogens (tertiary/aromatic N) is 6. The van der Waals surface area contributed by atoms with Crippen LogP contribution in [-0.4, -0.2) is 30.0 Å². The van der Waals surface area contributed by atoms with E-state index in [-0.39, 0.29) is 0 Å². The average Bonchev–Trinajstić information content (AvgIpc) is 3.29. The quantitative estimate of drug-likeness (QED) is 0.440. The molecule has 146 valence electrons. The summed E-state index contributed by atoms with van der Waals surface area (Å²) >= 11 is 0. The second-order valence-corrected chi connectivity index (χ2v) is 7.76. The molecule has 1 unspecified atom stereocenters. The Labute approximate surface area is 165 Å². The molecule has 0 saturated heterocycles. The maximum absolute atomic E-state index is 4.38. The van der Waals surface area contributed by atoms with Gasteiger partial charge in [0.05, 0.1) is 17.1 Å². The van der Waals surface area contributed by atoms with E-state index in [2.05, 4.69) is 76.4 Å². The van der Waals surface area contributed by atoms with Gasteiger partial charge >= 0.3 is 0 Å². The second kappa shape index (κ2) is 8.09. The highest BCUT2D eigenvalue weighted by atomic mass is 15.4. The molecule has 2 aromatic carbocycles. The van der Waals surface area contributed by atoms with Crippen LogP contribution in [0.15, 0.2) is 36.4 Å². The van der Waals surface area contributed by atoms with Gasteiger partial charge < -0.3 is 0 Å². The number of aromatic nitrogens is 6. The highest BCUT2D eigenvalue weighted by Gasteiger charge is 2.12. The zero-order chi connectivity index (χ0) is 19.5. The van der Waals surface area contributed by atoms with Gasteiger partial charge in [0.15, 0.2) is 0 Å². The molecule has 0 radical (unpaired) electrons. The fraction of sp³-hybridized carbons (Fsp3) is 0.455. The van der Waals surface area contributed by atoms with E-state index in [1.807, 2.05) is 10.7 Å². The summed E-state index contributed by atoms with van der Waals surface area (Å²) in [6, 6.07) is 13.2. The van der Waals surface area contributed by atoms with Gasteiger partial charge in [-0.25, -0.2) is 9.36 Å². The summed E-state index contributed by atoms with van der Waals surface area (Å²) in [5, 5.41) is 17.3. The van der Waals surface area contributed by atoms with Gasteiger partial charge in [-0.05, 0) is 74.9 Å². The molecule has 0 bridgehead atoms. The van der Waals surface area contributed by atoms with Gasteiger partial charge in [0, 0.05) is 6.54 Å². The third-order valence-corrected chi connectivity index (χ3v) is 5.43. The molecule has 4 aromatic rings. The normalized spacial score (nSPS) is 12.8. The maximum Gasteiger partial charge on any atom is 0.113 e. The van der Waals surface area contributed by atoms with Crippen molar-refractivity contribution in [2.45, 2.75) is 65.5 Å². The van der Waals surface area contributed by atoms with Crippen molar-refractivity contribution in [3.63, 3.8) is 0 Å². The smallest absolute Gasteiger partial charge is 0.113 e. The van der Waals surface area contributed by atoms with Gasteiger partial charge in [-0.3, -0.25) is 0 Å². The topological polar surface area (TPSA) is 61.4 Å². The Morgan fingerprint density at radius 2 is 1.71 bits per heavy atom. The first kappa shape index (κ1) is 18.6. The van der Waals surface area contributed by atoms with E-state index in [1.54, 1.807) is 0 Å². The Morgan fingerprint density at radius 3 is 2.57 bits per heavy atom. The highest BCUT2D eigenvalue weighted by molar-refractivity contribution is 5.75. The van der Waals surface area contributed by atoms with Crippen LogP contribution < -0.4 is 0 Å². The van der Waals surface area contributed by atoms with E-state index in [0.29, 0.717) is 6.04 Å². The number of benzene rings is 2. The van der Waals surface area contributed by atoms with Crippen LogP contribution in [0.4, 0.5) is 0 Å². The maximum atomic E-state index is 4.38. The molecule has 28 heavy (non-hydrogen) atoms. The molecule has 1 atom stereocenters. The van der Waals surface area contributed by atoms with Gasteiger partial charge in [-0.1, -0.05) is 35.9 Å². The second-order valence-electron chi connectivity index (χ2n) is 7.76. The third-order valence-electron chi connectivity index (χ3n) is 5.43. The first-order chi connectivity index (χ1) is 13.7. The Hall–Kier alpha value is -2.76. The molecule has 2 heterocycles. The fourth-order valence-electron chi connectivity index (χ4n) is 3.73. The summed E-state index contributed by atoms with van der Waals surface area (Å²) in [4.78, 5) is 0. The minimum absolute atomic E-state index is 0.326. The standard InChI is InChI=1S/C22H28N6/c1-4-5-13-27-21-15-18(10-12-19(21)23-25-27)8-6-7-17(3)28-22-14-16(2)9-11-20(22)24-26-28/h9-12,14-15,17H,4-8,13H2,1-3H3. The van der Waals surface area contributed by atoms with Crippen LogP contribution in [0.5, 0.6) is 0 Å². The summed E-state index contributed by atoms with van der Waals surface area (Å²) in [6.45, 7) is 7.47. The molecule has 0 aliphatic rings. The Kier molecular flexibility index (Phi) is 5.37. The monoisotopic (exact) mass is 376 g/mol. The lowest BCUT2D eigenvalue weighted by atomic mass is 10.0. The number of rotatable bonds is 8. The van der Waals surface area contributed by atoms with Gasteiger partial charge in [0.2, 0.25) is 0 Å². The lowest BCUT2D eigenvalue weighted by Gasteiger charge is -2.12. The molecule has 2 aromatic heterocycles. The van der Waals surface area contributed by atoms with Crippen molar-refractivity contribution in [3.8, 4) is 0 Å². The number of hydrogen-bond donors (Lipinski definition) is 0. The summed E-state index contributed by atoms with van der Waals surface area (Å²) in [7, 11) is 0. The van der Waals surface area contributed by atoms with Crippen molar-refractivity contribution in [2.75, 3.05) is 0 Å². The lowest BCUT2D eigenvalue weighted by molar-refractivity contribution is 0.447. The predicted octanol–water partition coefficient (Wildman–Crippen LogP) is 4.87. The fourth-order valence-corrected chi connectivity index (χ4v) is 3.73. The van der Waals surface area contributed by atoms with Crippen LogP contribution in [0.3, 0.4) is 0 Å². The Bertz CT molecular complexity index is 1080. The molecule has 0 aliphatic heterocycles. The van der Waals surface area contributed by atoms with Gasteiger partial charge in [0.1, 0.15) is 11.0 Å². The van der Waals surface area contributed by atoms with Crippen molar-refractivity contribution >= 4 is 22.1 Å². The summed E-state index contributed by atoms with van der Waals surface area (Å²) in [5.74, 6) is 0. The zero-order valence-corrected chi connectivity index (χ0v) is 17.0. The summed E-state index contributed by atoms with van der Waals surface area (Å²) in [5.41, 5.74) is 6.81. The van der Waals surface area contributed by atoms with Crippen LogP contribution >= 0.6 is 0 Å². The first-order valence-corrected chi connectivity index (χ1v) is 10.3. The zero-order valence-electron chi connectivity index (χ0n) is 17.0. The highest BCUT2D eigenvalue weighted by Crippen LogP contribution is 2.22.